The summed E-state index contributed by atoms with van der Waals surface area (Å²) < 4.78 is 2.00. The molecule has 0 unspecified atom stereocenters. The van der Waals surface area contributed by atoms with Crippen molar-refractivity contribution in [3.05, 3.63) is 0 Å². The Morgan fingerprint density at radius 2 is 0.800 bits per heavy atom. The highest BCUT2D eigenvalue weighted by molar-refractivity contribution is 5.60. The van der Waals surface area contributed by atoms with E-state index in [4.69, 9.17) is 9.90 Å². The third-order valence-electron chi connectivity index (χ3n) is 0. The second-order valence-corrected chi connectivity index (χ2v) is 5.86. The molecule has 0 aromatic carbocycles. The quantitative estimate of drug-likeness (QED) is 0.507. The Morgan fingerprint density at radius 3 is 0.800 bits per heavy atom. The zero-order valence-electron chi connectivity index (χ0n) is 11.7. The van der Waals surface area contributed by atoms with Crippen molar-refractivity contribution < 1.29 is 24.3 Å². The van der Waals surface area contributed by atoms with Crippen LogP contribution in [0.3, 0.4) is 0 Å². The summed E-state index contributed by atoms with van der Waals surface area (Å²) in [6, 6.07) is 0. The van der Waals surface area contributed by atoms with Gasteiger partial charge in [0.25, 0.3) is 0 Å². The van der Waals surface area contributed by atoms with Crippen LogP contribution in [0.4, 0.5) is 0 Å². The molecule has 5 heteroatoms. The highest BCUT2D eigenvalue weighted by Crippen LogP contribution is 1.74. The first-order chi connectivity index (χ1) is 5.73. The Balaban J connectivity index is -0.0000000590. The van der Waals surface area contributed by atoms with Crippen LogP contribution in [-0.4, -0.2) is 76.8 Å². The van der Waals surface area contributed by atoms with Crippen molar-refractivity contribution in [2.45, 2.75) is 6.92 Å². The third-order valence-corrected chi connectivity index (χ3v) is 0. The number of rotatable bonds is 0. The van der Waals surface area contributed by atoms with Crippen LogP contribution in [0.2, 0.25) is 0 Å². The number of carboxylic acids is 1. The van der Waals surface area contributed by atoms with Crippen LogP contribution in [0, 0.1) is 0 Å². The molecule has 0 amide bonds. The molecule has 0 saturated carbocycles. The van der Waals surface area contributed by atoms with Crippen LogP contribution in [0.25, 0.3) is 0 Å². The fourth-order valence-electron chi connectivity index (χ4n) is 0. The summed E-state index contributed by atoms with van der Waals surface area (Å²) >= 11 is 0. The first-order valence-electron chi connectivity index (χ1n) is 4.49. The van der Waals surface area contributed by atoms with Crippen molar-refractivity contribution in [2.75, 3.05) is 56.4 Å². The minimum Gasteiger partial charge on any atom is -0.870 e. The van der Waals surface area contributed by atoms with Gasteiger partial charge in [0.1, 0.15) is 0 Å². The van der Waals surface area contributed by atoms with Gasteiger partial charge >= 0.3 is 0 Å². The summed E-state index contributed by atoms with van der Waals surface area (Å²) in [5.41, 5.74) is 0. The molecule has 0 heterocycles. The maximum atomic E-state index is 8.89. The van der Waals surface area contributed by atoms with Crippen molar-refractivity contribution >= 4 is 5.97 Å². The Labute approximate surface area is 94.4 Å². The van der Waals surface area contributed by atoms with Gasteiger partial charge in [-0.05, 0) is 6.92 Å². The summed E-state index contributed by atoms with van der Waals surface area (Å²) in [6.45, 7) is 0.972. The lowest BCUT2D eigenvalue weighted by atomic mass is 10.8. The van der Waals surface area contributed by atoms with E-state index < -0.39 is 5.97 Å². The normalized spacial score (nSPS) is 9.67. The average molecular weight is 224 g/mol. The second-order valence-electron chi connectivity index (χ2n) is 5.86. The molecule has 0 fully saturated rings. The largest absolute Gasteiger partial charge is 0.870 e. The van der Waals surface area contributed by atoms with Gasteiger partial charge in [-0.15, -0.1) is 0 Å². The molecule has 5 nitrogen and oxygen atoms in total. The molecular formula is C10H28N2O3. The number of hydrogen-bond donors (Lipinski definition) is 0. The molecule has 0 aliphatic rings. The van der Waals surface area contributed by atoms with Gasteiger partial charge in [0, 0.05) is 5.97 Å². The van der Waals surface area contributed by atoms with Gasteiger partial charge in [-0.1, -0.05) is 0 Å². The third kappa shape index (κ3) is 4070. The number of quaternary nitrogens is 2. The number of carbonyl (C=O) groups excluding carboxylic acids is 1. The second kappa shape index (κ2) is 9.89. The van der Waals surface area contributed by atoms with Crippen LogP contribution in [-0.2, 0) is 4.79 Å². The lowest BCUT2D eigenvalue weighted by Crippen LogP contribution is -2.27. The standard InChI is InChI=1S/2C4H12N.C2H4O2.H2O/c2*1-5(2,3)4;1-2(3)4;/h2*1-4H3;1H3,(H,3,4);1H2/q2*+1;;/p-2. The molecule has 0 saturated heterocycles. The van der Waals surface area contributed by atoms with E-state index in [1.807, 2.05) is 0 Å². The predicted octanol–water partition coefficient (Wildman–Crippen LogP) is -0.776. The zero-order valence-corrected chi connectivity index (χ0v) is 11.7. The van der Waals surface area contributed by atoms with Crippen LogP contribution in [0.15, 0.2) is 0 Å². The Morgan fingerprint density at radius 1 is 0.800 bits per heavy atom. The summed E-state index contributed by atoms with van der Waals surface area (Å²) in [7, 11) is 17.0. The molecule has 0 rings (SSSR count). The van der Waals surface area contributed by atoms with Gasteiger partial charge in [-0.25, -0.2) is 0 Å². The minimum atomic E-state index is -1.08. The maximum Gasteiger partial charge on any atom is 0.0675 e. The molecule has 0 spiro atoms. The van der Waals surface area contributed by atoms with Gasteiger partial charge in [-0.2, -0.15) is 0 Å². The van der Waals surface area contributed by atoms with Crippen LogP contribution in [0.1, 0.15) is 6.92 Å². The van der Waals surface area contributed by atoms with E-state index in [0.717, 1.165) is 15.9 Å². The fraction of sp³-hybridized carbons (Fsp3) is 0.900. The molecule has 96 valence electrons. The predicted molar refractivity (Wildman–Crippen MR) is 60.5 cm³/mol. The molecule has 0 bridgehead atoms. The maximum absolute atomic E-state index is 8.89. The molecule has 0 aromatic rings. The van der Waals surface area contributed by atoms with E-state index in [-0.39, 0.29) is 5.48 Å². The number of carboxylic acid groups (broad SMARTS) is 1. The van der Waals surface area contributed by atoms with E-state index >= 15 is 0 Å². The van der Waals surface area contributed by atoms with Gasteiger partial charge in [0.2, 0.25) is 0 Å². The number of hydrogen-bond acceptors (Lipinski definition) is 3. The molecule has 0 aromatic heterocycles. The van der Waals surface area contributed by atoms with E-state index in [0.29, 0.717) is 0 Å². The van der Waals surface area contributed by atoms with Crippen molar-refractivity contribution in [1.82, 2.24) is 0 Å². The highest BCUT2D eigenvalue weighted by Gasteiger charge is 1.88. The molecule has 0 aliphatic heterocycles. The SMILES string of the molecule is CC(=O)[O-].C[N+](C)(C)C.C[N+](C)(C)C.[OH-]. The fourth-order valence-corrected chi connectivity index (χ4v) is 0. The Hall–Kier alpha value is -0.650. The number of aliphatic carboxylic acids is 1. The smallest absolute Gasteiger partial charge is 0.0675 e. The molecule has 0 radical (unpaired) electrons. The number of nitrogens with zero attached hydrogens (tertiary/aromatic N) is 2. The van der Waals surface area contributed by atoms with Crippen LogP contribution >= 0.6 is 0 Å². The Kier molecular flexibility index (Phi) is 15.7. The summed E-state index contributed by atoms with van der Waals surface area (Å²) in [5, 5.41) is 8.89. The zero-order chi connectivity index (χ0) is 12.6. The van der Waals surface area contributed by atoms with E-state index in [9.17, 15) is 0 Å². The van der Waals surface area contributed by atoms with Crippen molar-refractivity contribution in [1.29, 1.82) is 0 Å². The lowest BCUT2D eigenvalue weighted by Gasteiger charge is -2.14. The molecule has 0 aliphatic carbocycles. The van der Waals surface area contributed by atoms with Crippen LogP contribution in [0.5, 0.6) is 0 Å². The molecule has 1 N–H and O–H groups in total. The van der Waals surface area contributed by atoms with E-state index in [1.165, 1.54) is 0 Å². The summed E-state index contributed by atoms with van der Waals surface area (Å²) in [6.07, 6.45) is 0. The highest BCUT2D eigenvalue weighted by atomic mass is 16.4. The topological polar surface area (TPSA) is 70.1 Å². The van der Waals surface area contributed by atoms with Crippen LogP contribution < -0.4 is 5.11 Å². The van der Waals surface area contributed by atoms with Crippen molar-refractivity contribution in [3.63, 3.8) is 0 Å². The van der Waals surface area contributed by atoms with Gasteiger partial charge in [0.05, 0.1) is 56.4 Å². The van der Waals surface area contributed by atoms with E-state index in [1.54, 1.807) is 0 Å². The molecule has 0 atom stereocenters. The molecular weight excluding hydrogens is 196 g/mol. The summed E-state index contributed by atoms with van der Waals surface area (Å²) in [4.78, 5) is 8.89. The minimum absolute atomic E-state index is 0. The van der Waals surface area contributed by atoms with Crippen molar-refractivity contribution in [3.8, 4) is 0 Å². The lowest BCUT2D eigenvalue weighted by molar-refractivity contribution is -0.849. The Bertz CT molecular complexity index is 118. The van der Waals surface area contributed by atoms with E-state index in [2.05, 4.69) is 56.4 Å². The first-order valence-corrected chi connectivity index (χ1v) is 4.49. The monoisotopic (exact) mass is 224 g/mol. The number of carbonyl (C=O) groups is 1. The first kappa shape index (κ1) is 23.9. The van der Waals surface area contributed by atoms with Gasteiger partial charge in [-0.3, -0.25) is 0 Å². The summed E-state index contributed by atoms with van der Waals surface area (Å²) in [5.74, 6) is -1.08. The van der Waals surface area contributed by atoms with Gasteiger partial charge < -0.3 is 24.3 Å². The molecule has 15 heavy (non-hydrogen) atoms. The van der Waals surface area contributed by atoms with Crippen molar-refractivity contribution in [2.24, 2.45) is 0 Å². The van der Waals surface area contributed by atoms with Gasteiger partial charge in [0.15, 0.2) is 0 Å². The average Bonchev–Trinajstić information content (AvgIpc) is 1.45.